The fourth-order valence-electron chi connectivity index (χ4n) is 3.61. The Kier molecular flexibility index (Phi) is 4.20. The fraction of sp³-hybridized carbons (Fsp3) is 0.600. The molecule has 4 heteroatoms. The monoisotopic (exact) mass is 388 g/mol. The highest BCUT2D eigenvalue weighted by molar-refractivity contribution is 9.11. The Morgan fingerprint density at radius 3 is 2.42 bits per heavy atom. The van der Waals surface area contributed by atoms with Crippen LogP contribution in [-0.2, 0) is 6.61 Å². The highest BCUT2D eigenvalue weighted by Crippen LogP contribution is 2.48. The molecule has 0 radical (unpaired) electrons. The largest absolute Gasteiger partial charge is 0.491 e. The first-order valence-corrected chi connectivity index (χ1v) is 8.47. The third-order valence-corrected chi connectivity index (χ3v) is 5.75. The van der Waals surface area contributed by atoms with Crippen molar-refractivity contribution in [2.24, 2.45) is 17.8 Å². The van der Waals surface area contributed by atoms with Crippen molar-refractivity contribution in [2.75, 3.05) is 6.61 Å². The Labute approximate surface area is 130 Å². The Balaban J connectivity index is 1.67. The lowest BCUT2D eigenvalue weighted by atomic mass is 9.89. The highest BCUT2D eigenvalue weighted by Gasteiger charge is 2.39. The molecule has 2 aliphatic carbocycles. The van der Waals surface area contributed by atoms with Crippen LogP contribution in [0, 0.1) is 17.8 Å². The summed E-state index contributed by atoms with van der Waals surface area (Å²) in [5, 5.41) is 9.17. The maximum atomic E-state index is 9.17. The van der Waals surface area contributed by atoms with E-state index in [1.165, 1.54) is 25.7 Å². The van der Waals surface area contributed by atoms with Gasteiger partial charge in [0.25, 0.3) is 0 Å². The van der Waals surface area contributed by atoms with Crippen LogP contribution in [0.4, 0.5) is 0 Å². The zero-order valence-corrected chi connectivity index (χ0v) is 13.9. The minimum Gasteiger partial charge on any atom is -0.491 e. The molecule has 2 saturated carbocycles. The number of hydrogen-bond donors (Lipinski definition) is 1. The summed E-state index contributed by atoms with van der Waals surface area (Å²) in [7, 11) is 0. The summed E-state index contributed by atoms with van der Waals surface area (Å²) in [6, 6.07) is 3.84. The number of hydrogen-bond acceptors (Lipinski definition) is 2. The predicted octanol–water partition coefficient (Wildman–Crippen LogP) is 4.52. The molecule has 3 unspecified atom stereocenters. The van der Waals surface area contributed by atoms with Crippen LogP contribution in [0.5, 0.6) is 5.75 Å². The van der Waals surface area contributed by atoms with E-state index in [0.29, 0.717) is 0 Å². The van der Waals surface area contributed by atoms with E-state index in [1.807, 2.05) is 12.1 Å². The number of ether oxygens (including phenoxy) is 1. The van der Waals surface area contributed by atoms with Gasteiger partial charge in [-0.25, -0.2) is 0 Å². The summed E-state index contributed by atoms with van der Waals surface area (Å²) in [5.74, 6) is 3.44. The van der Waals surface area contributed by atoms with Crippen molar-refractivity contribution in [2.45, 2.75) is 32.3 Å². The minimum absolute atomic E-state index is 0.0455. The normalized spacial score (nSPS) is 28.9. The van der Waals surface area contributed by atoms with Gasteiger partial charge in [-0.05, 0) is 86.6 Å². The smallest absolute Gasteiger partial charge is 0.147 e. The van der Waals surface area contributed by atoms with Crippen molar-refractivity contribution in [3.8, 4) is 5.75 Å². The molecule has 104 valence electrons. The van der Waals surface area contributed by atoms with E-state index in [-0.39, 0.29) is 6.61 Å². The van der Waals surface area contributed by atoms with Crippen molar-refractivity contribution in [1.29, 1.82) is 0 Å². The number of benzene rings is 1. The summed E-state index contributed by atoms with van der Waals surface area (Å²) < 4.78 is 7.85. The minimum atomic E-state index is 0.0455. The van der Waals surface area contributed by atoms with Crippen LogP contribution in [0.3, 0.4) is 0 Å². The molecular formula is C15H18Br2O2. The van der Waals surface area contributed by atoms with Crippen molar-refractivity contribution < 1.29 is 9.84 Å². The first kappa shape index (κ1) is 13.9. The van der Waals surface area contributed by atoms with Gasteiger partial charge in [0.1, 0.15) is 5.75 Å². The van der Waals surface area contributed by atoms with Gasteiger partial charge in [-0.1, -0.05) is 6.42 Å². The van der Waals surface area contributed by atoms with Crippen LogP contribution in [0.15, 0.2) is 21.1 Å². The number of aliphatic hydroxyl groups excluding tert-OH is 1. The second-order valence-electron chi connectivity index (χ2n) is 5.79. The van der Waals surface area contributed by atoms with E-state index < -0.39 is 0 Å². The maximum Gasteiger partial charge on any atom is 0.147 e. The van der Waals surface area contributed by atoms with Crippen molar-refractivity contribution in [3.63, 3.8) is 0 Å². The fourth-order valence-corrected chi connectivity index (χ4v) is 5.12. The van der Waals surface area contributed by atoms with E-state index in [4.69, 9.17) is 9.84 Å². The van der Waals surface area contributed by atoms with Gasteiger partial charge in [0.2, 0.25) is 0 Å². The van der Waals surface area contributed by atoms with Gasteiger partial charge in [-0.3, -0.25) is 0 Å². The number of fused-ring (bicyclic) bond motifs is 2. The van der Waals surface area contributed by atoms with Crippen molar-refractivity contribution in [1.82, 2.24) is 0 Å². The SMILES string of the molecule is OCc1cc(Br)c(OCC2CC3CCC2C3)c(Br)c1. The van der Waals surface area contributed by atoms with E-state index in [9.17, 15) is 0 Å². The molecule has 3 atom stereocenters. The molecule has 3 rings (SSSR count). The van der Waals surface area contributed by atoms with E-state index in [1.54, 1.807) is 0 Å². The second kappa shape index (κ2) is 5.74. The molecule has 0 amide bonds. The summed E-state index contributed by atoms with van der Waals surface area (Å²) in [5.41, 5.74) is 0.881. The lowest BCUT2D eigenvalue weighted by Crippen LogP contribution is -2.18. The standard InChI is InChI=1S/C15H18Br2O2/c16-13-5-10(7-18)6-14(17)15(13)19-8-12-4-9-1-2-11(12)3-9/h5-6,9,11-12,18H,1-4,7-8H2. The summed E-state index contributed by atoms with van der Waals surface area (Å²) >= 11 is 7.05. The Morgan fingerprint density at radius 1 is 1.16 bits per heavy atom. The molecule has 0 saturated heterocycles. The molecule has 0 aliphatic heterocycles. The molecule has 1 aromatic rings. The predicted molar refractivity (Wildman–Crippen MR) is 82.2 cm³/mol. The van der Waals surface area contributed by atoms with Gasteiger partial charge in [-0.15, -0.1) is 0 Å². The van der Waals surface area contributed by atoms with Gasteiger partial charge in [0, 0.05) is 0 Å². The average Bonchev–Trinajstić information content (AvgIpc) is 2.99. The van der Waals surface area contributed by atoms with Crippen LogP contribution in [-0.4, -0.2) is 11.7 Å². The molecule has 2 aliphatic rings. The van der Waals surface area contributed by atoms with Gasteiger partial charge >= 0.3 is 0 Å². The van der Waals surface area contributed by atoms with E-state index >= 15 is 0 Å². The zero-order valence-electron chi connectivity index (χ0n) is 10.7. The quantitative estimate of drug-likeness (QED) is 0.820. The Morgan fingerprint density at radius 2 is 1.89 bits per heavy atom. The maximum absolute atomic E-state index is 9.17. The van der Waals surface area contributed by atoms with Crippen LogP contribution >= 0.6 is 31.9 Å². The Hall–Kier alpha value is -0.0600. The first-order chi connectivity index (χ1) is 9.17. The van der Waals surface area contributed by atoms with Gasteiger partial charge < -0.3 is 9.84 Å². The number of aliphatic hydroxyl groups is 1. The van der Waals surface area contributed by atoms with Crippen LogP contribution in [0.1, 0.15) is 31.2 Å². The summed E-state index contributed by atoms with van der Waals surface area (Å²) in [6.45, 7) is 0.862. The third-order valence-electron chi connectivity index (χ3n) is 4.57. The highest BCUT2D eigenvalue weighted by atomic mass is 79.9. The Bertz CT molecular complexity index is 452. The van der Waals surface area contributed by atoms with Gasteiger partial charge in [-0.2, -0.15) is 0 Å². The molecule has 2 fully saturated rings. The first-order valence-electron chi connectivity index (χ1n) is 6.89. The lowest BCUT2D eigenvalue weighted by molar-refractivity contribution is 0.193. The summed E-state index contributed by atoms with van der Waals surface area (Å²) in [6.07, 6.45) is 5.58. The lowest BCUT2D eigenvalue weighted by Gasteiger charge is -2.22. The van der Waals surface area contributed by atoms with Crippen LogP contribution in [0.2, 0.25) is 0 Å². The van der Waals surface area contributed by atoms with Crippen molar-refractivity contribution in [3.05, 3.63) is 26.6 Å². The number of rotatable bonds is 4. The number of halogens is 2. The van der Waals surface area contributed by atoms with E-state index in [0.717, 1.165) is 44.6 Å². The van der Waals surface area contributed by atoms with Gasteiger partial charge in [0.05, 0.1) is 22.2 Å². The van der Waals surface area contributed by atoms with Crippen LogP contribution in [0.25, 0.3) is 0 Å². The third kappa shape index (κ3) is 2.86. The molecule has 1 aromatic carbocycles. The molecule has 0 heterocycles. The summed E-state index contributed by atoms with van der Waals surface area (Å²) in [4.78, 5) is 0. The van der Waals surface area contributed by atoms with Crippen LogP contribution < -0.4 is 4.74 Å². The van der Waals surface area contributed by atoms with Gasteiger partial charge in [0.15, 0.2) is 0 Å². The second-order valence-corrected chi connectivity index (χ2v) is 7.50. The molecule has 0 spiro atoms. The average molecular weight is 390 g/mol. The van der Waals surface area contributed by atoms with Crippen molar-refractivity contribution >= 4 is 31.9 Å². The molecular weight excluding hydrogens is 372 g/mol. The van der Waals surface area contributed by atoms with E-state index in [2.05, 4.69) is 31.9 Å². The molecule has 1 N–H and O–H groups in total. The molecule has 19 heavy (non-hydrogen) atoms. The molecule has 2 nitrogen and oxygen atoms in total. The molecule has 0 aromatic heterocycles. The molecule has 2 bridgehead atoms. The topological polar surface area (TPSA) is 29.5 Å². The zero-order chi connectivity index (χ0) is 13.4.